The molecule has 2 rings (SSSR count). The average Bonchev–Trinajstić information content (AvgIpc) is 3.25. The maximum Gasteiger partial charge on any atom is 0.326 e. The molecule has 1 unspecified atom stereocenters. The molecular weight excluding hydrogens is 268 g/mol. The summed E-state index contributed by atoms with van der Waals surface area (Å²) < 4.78 is 0. The van der Waals surface area contributed by atoms with E-state index in [0.717, 1.165) is 31.2 Å². The monoisotopic (exact) mass is 290 g/mol. The van der Waals surface area contributed by atoms with Crippen LogP contribution in [-0.4, -0.2) is 23.0 Å². The number of carboxylic acids is 1. The molecule has 1 amide bonds. The van der Waals surface area contributed by atoms with Crippen molar-refractivity contribution in [3.63, 3.8) is 0 Å². The van der Waals surface area contributed by atoms with Crippen molar-refractivity contribution in [2.75, 3.05) is 5.73 Å². The van der Waals surface area contributed by atoms with Crippen LogP contribution in [-0.2, 0) is 15.0 Å². The van der Waals surface area contributed by atoms with Gasteiger partial charge in [-0.05, 0) is 37.0 Å². The Morgan fingerprint density at radius 3 is 2.43 bits per heavy atom. The second kappa shape index (κ2) is 6.16. The van der Waals surface area contributed by atoms with E-state index in [1.165, 1.54) is 0 Å². The second-order valence-electron chi connectivity index (χ2n) is 5.71. The lowest BCUT2D eigenvalue weighted by Gasteiger charge is -2.20. The fraction of sp³-hybridized carbons (Fsp3) is 0.500. The van der Waals surface area contributed by atoms with E-state index in [1.54, 1.807) is 12.1 Å². The molecule has 0 radical (unpaired) electrons. The molecule has 0 aromatic heterocycles. The van der Waals surface area contributed by atoms with Gasteiger partial charge in [0.15, 0.2) is 0 Å². The standard InChI is InChI=1S/C16H22N2O3/c1-2-3-4-13(14(19)20)18-15(21)16(9-10-16)11-5-7-12(17)8-6-11/h5-8,13H,2-4,9-10,17H2,1H3,(H,18,21)(H,19,20). The molecule has 0 aliphatic heterocycles. The van der Waals surface area contributed by atoms with E-state index in [1.807, 2.05) is 19.1 Å². The van der Waals surface area contributed by atoms with Gasteiger partial charge >= 0.3 is 5.97 Å². The van der Waals surface area contributed by atoms with Crippen molar-refractivity contribution in [2.24, 2.45) is 0 Å². The Balaban J connectivity index is 2.08. The molecular formula is C16H22N2O3. The van der Waals surface area contributed by atoms with Crippen LogP contribution in [0, 0.1) is 0 Å². The van der Waals surface area contributed by atoms with Crippen LogP contribution >= 0.6 is 0 Å². The zero-order valence-electron chi connectivity index (χ0n) is 12.3. The van der Waals surface area contributed by atoms with Crippen LogP contribution in [0.25, 0.3) is 0 Å². The Labute approximate surface area is 124 Å². The molecule has 1 aliphatic rings. The number of nitrogen functional groups attached to an aromatic ring is 1. The first-order chi connectivity index (χ1) is 9.99. The van der Waals surface area contributed by atoms with Crippen LogP contribution in [0.5, 0.6) is 0 Å². The lowest BCUT2D eigenvalue weighted by molar-refractivity contribution is -0.142. The van der Waals surface area contributed by atoms with Gasteiger partial charge in [0, 0.05) is 5.69 Å². The molecule has 5 nitrogen and oxygen atoms in total. The first-order valence-electron chi connectivity index (χ1n) is 7.39. The van der Waals surface area contributed by atoms with Gasteiger partial charge in [-0.3, -0.25) is 4.79 Å². The van der Waals surface area contributed by atoms with Crippen molar-refractivity contribution in [1.29, 1.82) is 0 Å². The minimum Gasteiger partial charge on any atom is -0.480 e. The first-order valence-corrected chi connectivity index (χ1v) is 7.39. The Bertz CT molecular complexity index is 521. The predicted molar refractivity (Wildman–Crippen MR) is 80.9 cm³/mol. The van der Waals surface area contributed by atoms with E-state index in [0.29, 0.717) is 12.1 Å². The molecule has 1 fully saturated rings. The molecule has 1 saturated carbocycles. The third-order valence-electron chi connectivity index (χ3n) is 4.10. The van der Waals surface area contributed by atoms with E-state index >= 15 is 0 Å². The molecule has 1 aromatic rings. The topological polar surface area (TPSA) is 92.4 Å². The number of anilines is 1. The molecule has 0 spiro atoms. The summed E-state index contributed by atoms with van der Waals surface area (Å²) in [6.07, 6.45) is 3.66. The Morgan fingerprint density at radius 1 is 1.33 bits per heavy atom. The highest BCUT2D eigenvalue weighted by atomic mass is 16.4. The zero-order chi connectivity index (χ0) is 15.5. The van der Waals surface area contributed by atoms with Gasteiger partial charge in [0.1, 0.15) is 6.04 Å². The number of nitrogens with one attached hydrogen (secondary N) is 1. The summed E-state index contributed by atoms with van der Waals surface area (Å²) in [5, 5.41) is 11.9. The fourth-order valence-electron chi connectivity index (χ4n) is 2.54. The quantitative estimate of drug-likeness (QED) is 0.670. The highest BCUT2D eigenvalue weighted by molar-refractivity contribution is 5.94. The Hall–Kier alpha value is -2.04. The highest BCUT2D eigenvalue weighted by Crippen LogP contribution is 2.48. The van der Waals surface area contributed by atoms with Crippen LogP contribution in [0.4, 0.5) is 5.69 Å². The highest BCUT2D eigenvalue weighted by Gasteiger charge is 2.51. The number of hydrogen-bond acceptors (Lipinski definition) is 3. The van der Waals surface area contributed by atoms with Gasteiger partial charge in [-0.1, -0.05) is 31.9 Å². The number of aliphatic carboxylic acids is 1. The first kappa shape index (κ1) is 15.4. The third-order valence-corrected chi connectivity index (χ3v) is 4.10. The van der Waals surface area contributed by atoms with Gasteiger partial charge in [0.2, 0.25) is 5.91 Å². The number of hydrogen-bond donors (Lipinski definition) is 3. The van der Waals surface area contributed by atoms with E-state index in [2.05, 4.69) is 5.32 Å². The molecule has 4 N–H and O–H groups in total. The van der Waals surface area contributed by atoms with Crippen molar-refractivity contribution in [2.45, 2.75) is 50.5 Å². The molecule has 114 valence electrons. The Kier molecular flexibility index (Phi) is 4.50. The van der Waals surface area contributed by atoms with Gasteiger partial charge in [-0.15, -0.1) is 0 Å². The minimum atomic E-state index is -0.968. The van der Waals surface area contributed by atoms with Crippen molar-refractivity contribution in [3.8, 4) is 0 Å². The van der Waals surface area contributed by atoms with Crippen molar-refractivity contribution in [1.82, 2.24) is 5.32 Å². The number of carboxylic acid groups (broad SMARTS) is 1. The molecule has 1 atom stereocenters. The molecule has 0 heterocycles. The summed E-state index contributed by atoms with van der Waals surface area (Å²) in [4.78, 5) is 23.7. The van der Waals surface area contributed by atoms with Crippen LogP contribution < -0.4 is 11.1 Å². The van der Waals surface area contributed by atoms with Gasteiger partial charge in [-0.2, -0.15) is 0 Å². The second-order valence-corrected chi connectivity index (χ2v) is 5.71. The number of nitrogens with two attached hydrogens (primary N) is 1. The lowest BCUT2D eigenvalue weighted by Crippen LogP contribution is -2.45. The minimum absolute atomic E-state index is 0.184. The summed E-state index contributed by atoms with van der Waals surface area (Å²) in [6.45, 7) is 2.00. The van der Waals surface area contributed by atoms with Gasteiger partial charge < -0.3 is 16.2 Å². The van der Waals surface area contributed by atoms with Crippen LogP contribution in [0.15, 0.2) is 24.3 Å². The maximum atomic E-state index is 12.5. The predicted octanol–water partition coefficient (Wildman–Crippen LogP) is 2.06. The van der Waals surface area contributed by atoms with Gasteiger partial charge in [-0.25, -0.2) is 4.79 Å². The van der Waals surface area contributed by atoms with Crippen LogP contribution in [0.1, 0.15) is 44.6 Å². The van der Waals surface area contributed by atoms with Gasteiger partial charge in [0.05, 0.1) is 5.41 Å². The number of amides is 1. The van der Waals surface area contributed by atoms with E-state index in [-0.39, 0.29) is 5.91 Å². The third kappa shape index (κ3) is 3.35. The van der Waals surface area contributed by atoms with Crippen molar-refractivity contribution < 1.29 is 14.7 Å². The fourth-order valence-corrected chi connectivity index (χ4v) is 2.54. The molecule has 0 saturated heterocycles. The number of rotatable bonds is 7. The van der Waals surface area contributed by atoms with Crippen molar-refractivity contribution in [3.05, 3.63) is 29.8 Å². The Morgan fingerprint density at radius 2 is 1.95 bits per heavy atom. The number of carbonyl (C=O) groups excluding carboxylic acids is 1. The molecule has 5 heteroatoms. The summed E-state index contributed by atoms with van der Waals surface area (Å²) in [6, 6.07) is 6.44. The lowest BCUT2D eigenvalue weighted by atomic mass is 9.94. The average molecular weight is 290 g/mol. The molecule has 1 aromatic carbocycles. The number of carbonyl (C=O) groups is 2. The largest absolute Gasteiger partial charge is 0.480 e. The van der Waals surface area contributed by atoms with E-state index in [4.69, 9.17) is 5.73 Å². The summed E-state index contributed by atoms with van der Waals surface area (Å²) in [7, 11) is 0. The van der Waals surface area contributed by atoms with Crippen LogP contribution in [0.3, 0.4) is 0 Å². The molecule has 1 aliphatic carbocycles. The van der Waals surface area contributed by atoms with Crippen LogP contribution in [0.2, 0.25) is 0 Å². The summed E-state index contributed by atoms with van der Waals surface area (Å²) in [5.74, 6) is -1.15. The number of benzene rings is 1. The molecule has 21 heavy (non-hydrogen) atoms. The molecule has 0 bridgehead atoms. The summed E-state index contributed by atoms with van der Waals surface area (Å²) in [5.41, 5.74) is 6.67. The smallest absolute Gasteiger partial charge is 0.326 e. The zero-order valence-corrected chi connectivity index (χ0v) is 12.3. The van der Waals surface area contributed by atoms with E-state index < -0.39 is 17.4 Å². The van der Waals surface area contributed by atoms with Gasteiger partial charge in [0.25, 0.3) is 0 Å². The van der Waals surface area contributed by atoms with E-state index in [9.17, 15) is 14.7 Å². The SMILES string of the molecule is CCCCC(NC(=O)C1(c2ccc(N)cc2)CC1)C(=O)O. The van der Waals surface area contributed by atoms with Crippen molar-refractivity contribution >= 4 is 17.6 Å². The summed E-state index contributed by atoms with van der Waals surface area (Å²) >= 11 is 0. The normalized spacial score (nSPS) is 17.0. The number of unbranched alkanes of at least 4 members (excludes halogenated alkanes) is 1. The maximum absolute atomic E-state index is 12.5.